The third kappa shape index (κ3) is 3.65. The van der Waals surface area contributed by atoms with Crippen molar-refractivity contribution in [2.75, 3.05) is 31.1 Å². The Morgan fingerprint density at radius 2 is 1.84 bits per heavy atom. The lowest BCUT2D eigenvalue weighted by Gasteiger charge is -2.37. The summed E-state index contributed by atoms with van der Waals surface area (Å²) in [6.07, 6.45) is 5.07. The number of carbonyl (C=O) groups is 1. The molecule has 5 nitrogen and oxygen atoms in total. The first-order valence-corrected chi connectivity index (χ1v) is 10.1. The van der Waals surface area contributed by atoms with Gasteiger partial charge in [-0.3, -0.25) is 4.79 Å². The number of piperazine rings is 1. The predicted molar refractivity (Wildman–Crippen MR) is 101 cm³/mol. The largest absolute Gasteiger partial charge is 0.389 e. The van der Waals surface area contributed by atoms with Crippen molar-refractivity contribution < 1.29 is 9.90 Å². The third-order valence-electron chi connectivity index (χ3n) is 5.45. The topological polar surface area (TPSA) is 56.7 Å². The molecule has 6 heteroatoms. The van der Waals surface area contributed by atoms with Gasteiger partial charge in [-0.2, -0.15) is 0 Å². The van der Waals surface area contributed by atoms with Gasteiger partial charge in [-0.25, -0.2) is 4.98 Å². The van der Waals surface area contributed by atoms with Crippen LogP contribution in [-0.4, -0.2) is 52.7 Å². The summed E-state index contributed by atoms with van der Waals surface area (Å²) in [4.78, 5) is 21.5. The number of aromatic nitrogens is 1. The summed E-state index contributed by atoms with van der Waals surface area (Å²) in [6.45, 7) is 3.05. The summed E-state index contributed by atoms with van der Waals surface area (Å²) < 4.78 is 1.20. The normalized spacial score (nSPS) is 20.8. The second-order valence-corrected chi connectivity index (χ2v) is 8.30. The van der Waals surface area contributed by atoms with Crippen LogP contribution in [0.4, 0.5) is 5.13 Å². The van der Waals surface area contributed by atoms with E-state index in [1.807, 2.05) is 23.1 Å². The Kier molecular flexibility index (Phi) is 4.65. The van der Waals surface area contributed by atoms with Crippen LogP contribution in [-0.2, 0) is 4.79 Å². The van der Waals surface area contributed by atoms with Crippen molar-refractivity contribution >= 4 is 32.6 Å². The summed E-state index contributed by atoms with van der Waals surface area (Å²) in [5.41, 5.74) is 0.278. The number of anilines is 1. The summed E-state index contributed by atoms with van der Waals surface area (Å²) >= 11 is 1.71. The van der Waals surface area contributed by atoms with Gasteiger partial charge in [0, 0.05) is 26.2 Å². The Morgan fingerprint density at radius 1 is 1.12 bits per heavy atom. The molecule has 2 heterocycles. The van der Waals surface area contributed by atoms with Crippen LogP contribution in [0.25, 0.3) is 10.2 Å². The molecule has 134 valence electrons. The number of nitrogens with zero attached hydrogens (tertiary/aromatic N) is 3. The molecule has 4 rings (SSSR count). The maximum atomic E-state index is 12.6. The Balaban J connectivity index is 1.35. The fraction of sp³-hybridized carbons (Fsp3) is 0.579. The maximum Gasteiger partial charge on any atom is 0.225 e. The first-order chi connectivity index (χ1) is 12.1. The van der Waals surface area contributed by atoms with Crippen molar-refractivity contribution in [1.82, 2.24) is 9.88 Å². The number of fused-ring (bicyclic) bond motifs is 1. The molecule has 0 atom stereocenters. The van der Waals surface area contributed by atoms with E-state index >= 15 is 0 Å². The minimum atomic E-state index is -0.764. The minimum absolute atomic E-state index is 0.105. The van der Waals surface area contributed by atoms with Crippen LogP contribution < -0.4 is 4.90 Å². The Bertz CT molecular complexity index is 713. The van der Waals surface area contributed by atoms with E-state index < -0.39 is 5.60 Å². The van der Waals surface area contributed by atoms with Crippen LogP contribution >= 0.6 is 11.3 Å². The Hall–Kier alpha value is -1.66. The molecule has 2 aromatic rings. The van der Waals surface area contributed by atoms with Crippen molar-refractivity contribution in [3.63, 3.8) is 0 Å². The molecular weight excluding hydrogens is 334 g/mol. The van der Waals surface area contributed by atoms with Crippen molar-refractivity contribution in [1.29, 1.82) is 0 Å². The molecule has 1 amide bonds. The molecule has 25 heavy (non-hydrogen) atoms. The van der Waals surface area contributed by atoms with E-state index in [9.17, 15) is 9.90 Å². The van der Waals surface area contributed by atoms with E-state index in [1.54, 1.807) is 11.3 Å². The van der Waals surface area contributed by atoms with E-state index in [1.165, 1.54) is 11.1 Å². The van der Waals surface area contributed by atoms with E-state index in [0.717, 1.165) is 49.4 Å². The number of benzene rings is 1. The fourth-order valence-electron chi connectivity index (χ4n) is 3.92. The molecule has 1 aliphatic carbocycles. The van der Waals surface area contributed by atoms with Gasteiger partial charge in [-0.1, -0.05) is 42.7 Å². The lowest BCUT2D eigenvalue weighted by molar-refractivity contribution is -0.138. The highest BCUT2D eigenvalue weighted by molar-refractivity contribution is 7.22. The molecule has 1 aliphatic heterocycles. The highest BCUT2D eigenvalue weighted by Crippen LogP contribution is 2.32. The zero-order valence-corrected chi connectivity index (χ0v) is 15.3. The number of para-hydroxylation sites is 1. The zero-order valence-electron chi connectivity index (χ0n) is 14.5. The van der Waals surface area contributed by atoms with Gasteiger partial charge in [-0.05, 0) is 25.0 Å². The number of thiazole rings is 1. The molecule has 1 aromatic heterocycles. The summed E-state index contributed by atoms with van der Waals surface area (Å²) in [5.74, 6) is 0.105. The van der Waals surface area contributed by atoms with Crippen LogP contribution in [0, 0.1) is 0 Å². The number of carbonyl (C=O) groups excluding carboxylic acids is 1. The van der Waals surface area contributed by atoms with Crippen LogP contribution in [0.5, 0.6) is 0 Å². The highest BCUT2D eigenvalue weighted by atomic mass is 32.1. The molecule has 0 spiro atoms. The van der Waals surface area contributed by atoms with E-state index in [0.29, 0.717) is 13.1 Å². The monoisotopic (exact) mass is 359 g/mol. The van der Waals surface area contributed by atoms with Crippen LogP contribution in [0.2, 0.25) is 0 Å². The number of hydrogen-bond donors (Lipinski definition) is 1. The Labute approximate surface area is 152 Å². The second-order valence-electron chi connectivity index (χ2n) is 7.29. The van der Waals surface area contributed by atoms with Gasteiger partial charge < -0.3 is 14.9 Å². The SMILES string of the molecule is O=C(CC1(O)CCCCC1)N1CCN(c2nc3ccccc3s2)CC1. The zero-order chi connectivity index (χ0) is 17.3. The van der Waals surface area contributed by atoms with E-state index in [4.69, 9.17) is 4.98 Å². The van der Waals surface area contributed by atoms with Gasteiger partial charge in [0.25, 0.3) is 0 Å². The van der Waals surface area contributed by atoms with Gasteiger partial charge in [0.2, 0.25) is 5.91 Å². The lowest BCUT2D eigenvalue weighted by atomic mass is 9.82. The standard InChI is InChI=1S/C19H25N3O2S/c23-17(14-19(24)8-4-1-5-9-19)21-10-12-22(13-11-21)18-20-15-6-2-3-7-16(15)25-18/h2-3,6-7,24H,1,4-5,8-14H2. The van der Waals surface area contributed by atoms with Gasteiger partial charge in [0.1, 0.15) is 0 Å². The molecule has 1 saturated heterocycles. The van der Waals surface area contributed by atoms with Gasteiger partial charge in [-0.15, -0.1) is 0 Å². The van der Waals surface area contributed by atoms with Gasteiger partial charge in [0.05, 0.1) is 22.2 Å². The maximum absolute atomic E-state index is 12.6. The minimum Gasteiger partial charge on any atom is -0.389 e. The van der Waals surface area contributed by atoms with Gasteiger partial charge in [0.15, 0.2) is 5.13 Å². The molecule has 2 aliphatic rings. The molecular formula is C19H25N3O2S. The lowest BCUT2D eigenvalue weighted by Crippen LogP contribution is -2.50. The van der Waals surface area contributed by atoms with Crippen LogP contribution in [0.15, 0.2) is 24.3 Å². The molecule has 2 fully saturated rings. The third-order valence-corrected chi connectivity index (χ3v) is 6.55. The molecule has 0 radical (unpaired) electrons. The number of amides is 1. The molecule has 0 unspecified atom stereocenters. The van der Waals surface area contributed by atoms with Crippen molar-refractivity contribution in [3.05, 3.63) is 24.3 Å². The first kappa shape index (κ1) is 16.8. The van der Waals surface area contributed by atoms with Crippen LogP contribution in [0.3, 0.4) is 0 Å². The number of hydrogen-bond acceptors (Lipinski definition) is 5. The summed E-state index contributed by atoms with van der Waals surface area (Å²) in [6, 6.07) is 8.19. The van der Waals surface area contributed by atoms with Crippen molar-refractivity contribution in [2.24, 2.45) is 0 Å². The van der Waals surface area contributed by atoms with E-state index in [2.05, 4.69) is 11.0 Å². The highest BCUT2D eigenvalue weighted by Gasteiger charge is 2.34. The summed E-state index contributed by atoms with van der Waals surface area (Å²) in [7, 11) is 0. The summed E-state index contributed by atoms with van der Waals surface area (Å²) in [5, 5.41) is 11.7. The average Bonchev–Trinajstić information content (AvgIpc) is 3.06. The predicted octanol–water partition coefficient (Wildman–Crippen LogP) is 3.03. The Morgan fingerprint density at radius 3 is 2.56 bits per heavy atom. The number of aliphatic hydroxyl groups is 1. The van der Waals surface area contributed by atoms with Crippen molar-refractivity contribution in [2.45, 2.75) is 44.1 Å². The molecule has 1 saturated carbocycles. The van der Waals surface area contributed by atoms with E-state index in [-0.39, 0.29) is 12.3 Å². The molecule has 1 aromatic carbocycles. The smallest absolute Gasteiger partial charge is 0.225 e. The quantitative estimate of drug-likeness (QED) is 0.915. The second kappa shape index (κ2) is 6.92. The fourth-order valence-corrected chi connectivity index (χ4v) is 4.94. The average molecular weight is 359 g/mol. The molecule has 1 N–H and O–H groups in total. The van der Waals surface area contributed by atoms with Crippen LogP contribution in [0.1, 0.15) is 38.5 Å². The number of rotatable bonds is 3. The first-order valence-electron chi connectivity index (χ1n) is 9.24. The van der Waals surface area contributed by atoms with Gasteiger partial charge >= 0.3 is 0 Å². The van der Waals surface area contributed by atoms with Crippen molar-refractivity contribution in [3.8, 4) is 0 Å². The molecule has 0 bridgehead atoms.